The van der Waals surface area contributed by atoms with Gasteiger partial charge in [0.05, 0.1) is 11.1 Å². The van der Waals surface area contributed by atoms with Crippen LogP contribution in [-0.2, 0) is 0 Å². The zero-order valence-corrected chi connectivity index (χ0v) is 19.3. The molecule has 0 aromatic heterocycles. The van der Waals surface area contributed by atoms with E-state index in [4.69, 9.17) is 10.00 Å². The second kappa shape index (κ2) is 10.8. The van der Waals surface area contributed by atoms with Gasteiger partial charge in [-0.15, -0.1) is 0 Å². The second-order valence-electron chi connectivity index (χ2n) is 9.62. The van der Waals surface area contributed by atoms with Crippen molar-refractivity contribution in [3.8, 4) is 11.8 Å². The Balaban J connectivity index is 1.32. The summed E-state index contributed by atoms with van der Waals surface area (Å²) in [6, 6.07) is 13.3. The van der Waals surface area contributed by atoms with Gasteiger partial charge in [0.2, 0.25) is 0 Å². The molecule has 0 amide bonds. The van der Waals surface area contributed by atoms with Crippen LogP contribution in [0.25, 0.3) is 0 Å². The highest BCUT2D eigenvalue weighted by Crippen LogP contribution is 2.48. The number of nitrogens with zero attached hydrogens (tertiary/aromatic N) is 1. The van der Waals surface area contributed by atoms with Gasteiger partial charge in [0.15, 0.2) is 0 Å². The molecule has 0 saturated heterocycles. The summed E-state index contributed by atoms with van der Waals surface area (Å²) in [5.74, 6) is 2.05. The highest BCUT2D eigenvalue weighted by Gasteiger charge is 2.35. The Morgan fingerprint density at radius 3 is 2.58 bits per heavy atom. The Morgan fingerprint density at radius 2 is 1.85 bits per heavy atom. The average molecular weight is 446 g/mol. The number of halogens is 1. The Bertz CT molecular complexity index is 1040. The van der Waals surface area contributed by atoms with Crippen molar-refractivity contribution in [3.63, 3.8) is 0 Å². The van der Waals surface area contributed by atoms with Crippen LogP contribution in [0, 0.1) is 34.9 Å². The SMILES string of the molecule is C/C=C/CCC1CCC2CC(c3ccc(C(=O)Oc4ccc(C#N)c(F)c4)cc3)CCC2C1. The number of allylic oxidation sites excluding steroid dienone is 2. The molecule has 2 fully saturated rings. The van der Waals surface area contributed by atoms with Crippen molar-refractivity contribution in [3.05, 3.63) is 77.1 Å². The average Bonchev–Trinajstić information content (AvgIpc) is 2.84. The fourth-order valence-electron chi connectivity index (χ4n) is 5.76. The molecule has 3 nitrogen and oxygen atoms in total. The van der Waals surface area contributed by atoms with E-state index >= 15 is 0 Å². The summed E-state index contributed by atoms with van der Waals surface area (Å²) in [6.45, 7) is 2.10. The van der Waals surface area contributed by atoms with Crippen LogP contribution in [0.2, 0.25) is 0 Å². The highest BCUT2D eigenvalue weighted by atomic mass is 19.1. The van der Waals surface area contributed by atoms with E-state index in [2.05, 4.69) is 19.1 Å². The molecule has 4 rings (SSSR count). The number of rotatable bonds is 6. The first-order valence-electron chi connectivity index (χ1n) is 12.2. The van der Waals surface area contributed by atoms with Crippen LogP contribution < -0.4 is 4.74 Å². The molecule has 2 aromatic rings. The van der Waals surface area contributed by atoms with Crippen LogP contribution in [0.15, 0.2) is 54.6 Å². The lowest BCUT2D eigenvalue weighted by Gasteiger charge is -2.42. The van der Waals surface area contributed by atoms with Gasteiger partial charge in [-0.3, -0.25) is 0 Å². The van der Waals surface area contributed by atoms with Gasteiger partial charge in [-0.25, -0.2) is 9.18 Å². The number of benzene rings is 2. The number of hydrogen-bond donors (Lipinski definition) is 0. The molecular weight excluding hydrogens is 413 g/mol. The molecule has 2 aliphatic carbocycles. The van der Waals surface area contributed by atoms with E-state index in [1.807, 2.05) is 24.3 Å². The molecule has 2 saturated carbocycles. The number of carbonyl (C=O) groups excluding carboxylic acids is 1. The highest BCUT2D eigenvalue weighted by molar-refractivity contribution is 5.91. The zero-order chi connectivity index (χ0) is 23.2. The molecule has 172 valence electrons. The Hall–Kier alpha value is -2.93. The molecular formula is C29H32FNO2. The van der Waals surface area contributed by atoms with Gasteiger partial charge >= 0.3 is 5.97 Å². The first-order valence-corrected chi connectivity index (χ1v) is 12.2. The molecule has 4 unspecified atom stereocenters. The number of carbonyl (C=O) groups is 1. The van der Waals surface area contributed by atoms with Crippen molar-refractivity contribution in [2.45, 2.75) is 64.2 Å². The van der Waals surface area contributed by atoms with Crippen LogP contribution in [-0.4, -0.2) is 5.97 Å². The van der Waals surface area contributed by atoms with Crippen LogP contribution in [0.5, 0.6) is 5.75 Å². The minimum absolute atomic E-state index is 0.0731. The van der Waals surface area contributed by atoms with Crippen molar-refractivity contribution >= 4 is 5.97 Å². The van der Waals surface area contributed by atoms with Crippen molar-refractivity contribution < 1.29 is 13.9 Å². The van der Waals surface area contributed by atoms with E-state index in [0.717, 1.165) is 23.8 Å². The molecule has 0 N–H and O–H groups in total. The van der Waals surface area contributed by atoms with Crippen molar-refractivity contribution in [2.24, 2.45) is 17.8 Å². The van der Waals surface area contributed by atoms with Gasteiger partial charge in [0.25, 0.3) is 0 Å². The van der Waals surface area contributed by atoms with E-state index in [0.29, 0.717) is 11.5 Å². The Kier molecular flexibility index (Phi) is 7.60. The number of nitriles is 1. The fraction of sp³-hybridized carbons (Fsp3) is 0.448. The van der Waals surface area contributed by atoms with Crippen LogP contribution >= 0.6 is 0 Å². The normalized spacial score (nSPS) is 24.8. The van der Waals surface area contributed by atoms with E-state index < -0.39 is 11.8 Å². The molecule has 4 heteroatoms. The lowest BCUT2D eigenvalue weighted by molar-refractivity contribution is 0.0734. The summed E-state index contributed by atoms with van der Waals surface area (Å²) in [5.41, 5.74) is 1.67. The predicted octanol–water partition coefficient (Wildman–Crippen LogP) is 7.57. The number of hydrogen-bond acceptors (Lipinski definition) is 3. The van der Waals surface area contributed by atoms with E-state index in [9.17, 15) is 9.18 Å². The minimum Gasteiger partial charge on any atom is -0.423 e. The number of ether oxygens (including phenoxy) is 1. The second-order valence-corrected chi connectivity index (χ2v) is 9.62. The summed E-state index contributed by atoms with van der Waals surface area (Å²) >= 11 is 0. The van der Waals surface area contributed by atoms with Gasteiger partial charge in [-0.1, -0.05) is 30.7 Å². The molecule has 0 bridgehead atoms. The van der Waals surface area contributed by atoms with Gasteiger partial charge in [-0.2, -0.15) is 5.26 Å². The summed E-state index contributed by atoms with van der Waals surface area (Å²) in [5, 5.41) is 8.82. The maximum atomic E-state index is 13.8. The molecule has 0 aliphatic heterocycles. The topological polar surface area (TPSA) is 50.1 Å². The Labute approximate surface area is 196 Å². The van der Waals surface area contributed by atoms with Crippen molar-refractivity contribution in [2.75, 3.05) is 0 Å². The largest absolute Gasteiger partial charge is 0.423 e. The molecule has 2 aliphatic rings. The lowest BCUT2D eigenvalue weighted by atomic mass is 9.63. The zero-order valence-electron chi connectivity index (χ0n) is 19.3. The molecule has 2 aromatic carbocycles. The molecule has 0 radical (unpaired) electrons. The standard InChI is InChI=1S/C29H32FNO2/c1-2-3-4-5-20-6-7-25-17-24(13-12-23(25)16-20)21-8-10-22(11-9-21)29(32)33-27-15-14-26(19-31)28(30)18-27/h2-3,8-11,14-15,18,20,23-25H,4-7,12-13,16-17H2,1H3/b3-2+. The third kappa shape index (κ3) is 5.71. The van der Waals surface area contributed by atoms with Gasteiger partial charge < -0.3 is 4.74 Å². The molecule has 33 heavy (non-hydrogen) atoms. The van der Waals surface area contributed by atoms with E-state index in [1.165, 1.54) is 69.1 Å². The van der Waals surface area contributed by atoms with Gasteiger partial charge in [-0.05, 0) is 105 Å². The summed E-state index contributed by atoms with van der Waals surface area (Å²) in [6.07, 6.45) is 14.9. The Morgan fingerprint density at radius 1 is 1.09 bits per heavy atom. The third-order valence-electron chi connectivity index (χ3n) is 7.59. The van der Waals surface area contributed by atoms with Crippen LogP contribution in [0.4, 0.5) is 4.39 Å². The summed E-state index contributed by atoms with van der Waals surface area (Å²) in [4.78, 5) is 12.5. The lowest BCUT2D eigenvalue weighted by Crippen LogP contribution is -2.30. The van der Waals surface area contributed by atoms with E-state index in [-0.39, 0.29) is 11.3 Å². The summed E-state index contributed by atoms with van der Waals surface area (Å²) < 4.78 is 19.0. The predicted molar refractivity (Wildman–Crippen MR) is 127 cm³/mol. The van der Waals surface area contributed by atoms with E-state index in [1.54, 1.807) is 6.07 Å². The van der Waals surface area contributed by atoms with Gasteiger partial charge in [0.1, 0.15) is 17.6 Å². The van der Waals surface area contributed by atoms with Crippen LogP contribution in [0.1, 0.15) is 85.7 Å². The maximum Gasteiger partial charge on any atom is 0.343 e. The fourth-order valence-corrected chi connectivity index (χ4v) is 5.76. The monoisotopic (exact) mass is 445 g/mol. The smallest absolute Gasteiger partial charge is 0.343 e. The molecule has 0 spiro atoms. The third-order valence-corrected chi connectivity index (χ3v) is 7.59. The molecule has 4 atom stereocenters. The van der Waals surface area contributed by atoms with Crippen molar-refractivity contribution in [1.82, 2.24) is 0 Å². The maximum absolute atomic E-state index is 13.8. The number of esters is 1. The molecule has 0 heterocycles. The number of fused-ring (bicyclic) bond motifs is 1. The minimum atomic E-state index is -0.694. The first-order chi connectivity index (χ1) is 16.1. The summed E-state index contributed by atoms with van der Waals surface area (Å²) in [7, 11) is 0. The van der Waals surface area contributed by atoms with Crippen LogP contribution in [0.3, 0.4) is 0 Å². The van der Waals surface area contributed by atoms with Gasteiger partial charge in [0, 0.05) is 6.07 Å². The first kappa shape index (κ1) is 23.2. The van der Waals surface area contributed by atoms with Crippen molar-refractivity contribution in [1.29, 1.82) is 5.26 Å². The quantitative estimate of drug-likeness (QED) is 0.262.